The van der Waals surface area contributed by atoms with E-state index in [9.17, 15) is 0 Å². The zero-order valence-electron chi connectivity index (χ0n) is 9.58. The number of allylic oxidation sites excluding steroid dienone is 2. The summed E-state index contributed by atoms with van der Waals surface area (Å²) < 4.78 is 0. The van der Waals surface area contributed by atoms with Crippen LogP contribution in [0.25, 0.3) is 0 Å². The van der Waals surface area contributed by atoms with Gasteiger partial charge >= 0.3 is 0 Å². The van der Waals surface area contributed by atoms with E-state index in [4.69, 9.17) is 0 Å². The van der Waals surface area contributed by atoms with Crippen molar-refractivity contribution >= 4 is 0 Å². The lowest BCUT2D eigenvalue weighted by Gasteiger charge is -2.32. The average Bonchev–Trinajstić information content (AvgIpc) is 2.32. The maximum atomic E-state index is 2.46. The van der Waals surface area contributed by atoms with Gasteiger partial charge in [-0.2, -0.15) is 0 Å². The first kappa shape index (κ1) is 10.5. The van der Waals surface area contributed by atoms with Crippen molar-refractivity contribution < 1.29 is 0 Å². The lowest BCUT2D eigenvalue weighted by Crippen LogP contribution is -2.22. The molecule has 1 atom stereocenters. The van der Waals surface area contributed by atoms with Crippen LogP contribution in [-0.4, -0.2) is 0 Å². The van der Waals surface area contributed by atoms with Gasteiger partial charge in [-0.3, -0.25) is 0 Å². The molecular weight excluding hydrogens is 180 g/mol. The van der Waals surface area contributed by atoms with Gasteiger partial charge < -0.3 is 0 Å². The fourth-order valence-corrected chi connectivity index (χ4v) is 2.56. The molecule has 0 radical (unpaired) electrons. The Bertz CT molecular complexity index is 323. The van der Waals surface area contributed by atoms with Crippen LogP contribution in [0.1, 0.15) is 38.2 Å². The maximum Gasteiger partial charge on any atom is -0.00804 e. The fraction of sp³-hybridized carbons (Fsp3) is 0.467. The van der Waals surface area contributed by atoms with Gasteiger partial charge in [-0.05, 0) is 43.1 Å². The van der Waals surface area contributed by atoms with Crippen molar-refractivity contribution in [2.24, 2.45) is 5.41 Å². The second kappa shape index (κ2) is 4.65. The van der Waals surface area contributed by atoms with Gasteiger partial charge in [-0.15, -0.1) is 0 Å². The van der Waals surface area contributed by atoms with Gasteiger partial charge in [0.05, 0.1) is 0 Å². The first-order valence-corrected chi connectivity index (χ1v) is 6.06. The van der Waals surface area contributed by atoms with Crippen LogP contribution in [0.4, 0.5) is 0 Å². The molecule has 0 aliphatic heterocycles. The van der Waals surface area contributed by atoms with Crippen LogP contribution in [0, 0.1) is 5.41 Å². The molecule has 80 valence electrons. The minimum atomic E-state index is 0.444. The van der Waals surface area contributed by atoms with E-state index in [0.29, 0.717) is 5.41 Å². The zero-order valence-corrected chi connectivity index (χ0v) is 9.58. The molecule has 1 aliphatic rings. The van der Waals surface area contributed by atoms with Crippen LogP contribution in [-0.2, 0) is 6.42 Å². The van der Waals surface area contributed by atoms with Gasteiger partial charge in [0.2, 0.25) is 0 Å². The molecule has 0 fully saturated rings. The number of benzene rings is 1. The van der Waals surface area contributed by atoms with Crippen LogP contribution >= 0.6 is 0 Å². The first-order chi connectivity index (χ1) is 7.35. The summed E-state index contributed by atoms with van der Waals surface area (Å²) >= 11 is 0. The second-order valence-corrected chi connectivity index (χ2v) is 4.67. The third-order valence-corrected chi connectivity index (χ3v) is 3.62. The summed E-state index contributed by atoms with van der Waals surface area (Å²) in [5.74, 6) is 0. The Balaban J connectivity index is 2.14. The Morgan fingerprint density at radius 1 is 1.20 bits per heavy atom. The molecule has 0 heteroatoms. The summed E-state index contributed by atoms with van der Waals surface area (Å²) in [5, 5.41) is 0. The summed E-state index contributed by atoms with van der Waals surface area (Å²) in [5.41, 5.74) is 1.92. The highest BCUT2D eigenvalue weighted by molar-refractivity contribution is 5.19. The van der Waals surface area contributed by atoms with Crippen LogP contribution in [0.3, 0.4) is 0 Å². The van der Waals surface area contributed by atoms with Crippen molar-refractivity contribution in [3.63, 3.8) is 0 Å². The standard InChI is InChI=1S/C15H20/c1-2-15(11-7-4-8-12-15)13-14-9-5-3-6-10-14/h3,5-7,9-11H,2,4,8,12-13H2,1H3. The van der Waals surface area contributed by atoms with E-state index in [1.165, 1.54) is 37.7 Å². The Morgan fingerprint density at radius 2 is 2.00 bits per heavy atom. The first-order valence-electron chi connectivity index (χ1n) is 6.06. The van der Waals surface area contributed by atoms with E-state index in [2.05, 4.69) is 49.4 Å². The SMILES string of the molecule is CCC1(Cc2ccccc2)C=CCCC1. The van der Waals surface area contributed by atoms with E-state index in [1.54, 1.807) is 0 Å². The monoisotopic (exact) mass is 200 g/mol. The van der Waals surface area contributed by atoms with Gasteiger partial charge in [0, 0.05) is 0 Å². The molecule has 15 heavy (non-hydrogen) atoms. The third kappa shape index (κ3) is 2.50. The van der Waals surface area contributed by atoms with Crippen LogP contribution in [0.15, 0.2) is 42.5 Å². The summed E-state index contributed by atoms with van der Waals surface area (Å²) in [7, 11) is 0. The quantitative estimate of drug-likeness (QED) is 0.636. The smallest absolute Gasteiger partial charge is 0.00804 e. The topological polar surface area (TPSA) is 0 Å². The molecule has 0 heterocycles. The molecule has 2 rings (SSSR count). The van der Waals surface area contributed by atoms with Gasteiger partial charge in [0.1, 0.15) is 0 Å². The van der Waals surface area contributed by atoms with Crippen molar-refractivity contribution in [3.05, 3.63) is 48.0 Å². The second-order valence-electron chi connectivity index (χ2n) is 4.67. The van der Waals surface area contributed by atoms with E-state index < -0.39 is 0 Å². The van der Waals surface area contributed by atoms with Gasteiger partial charge in [-0.25, -0.2) is 0 Å². The summed E-state index contributed by atoms with van der Waals surface area (Å²) in [6.45, 7) is 2.32. The lowest BCUT2D eigenvalue weighted by molar-refractivity contribution is 0.313. The van der Waals surface area contributed by atoms with E-state index in [0.717, 1.165) is 0 Å². The highest BCUT2D eigenvalue weighted by Crippen LogP contribution is 2.37. The Labute approximate surface area is 93.0 Å². The van der Waals surface area contributed by atoms with E-state index >= 15 is 0 Å². The molecule has 0 saturated carbocycles. The average molecular weight is 200 g/mol. The predicted octanol–water partition coefficient (Wildman–Crippen LogP) is 4.37. The maximum absolute atomic E-state index is 2.46. The van der Waals surface area contributed by atoms with Crippen molar-refractivity contribution in [1.29, 1.82) is 0 Å². The zero-order chi connectivity index (χ0) is 10.6. The number of hydrogen-bond acceptors (Lipinski definition) is 0. The molecule has 1 unspecified atom stereocenters. The predicted molar refractivity (Wildman–Crippen MR) is 65.9 cm³/mol. The summed E-state index contributed by atoms with van der Waals surface area (Å²) in [6, 6.07) is 10.9. The van der Waals surface area contributed by atoms with Crippen molar-refractivity contribution in [2.75, 3.05) is 0 Å². The van der Waals surface area contributed by atoms with Gasteiger partial charge in [0.25, 0.3) is 0 Å². The Kier molecular flexibility index (Phi) is 3.25. The van der Waals surface area contributed by atoms with Crippen molar-refractivity contribution in [3.8, 4) is 0 Å². The molecule has 0 aromatic heterocycles. The summed E-state index contributed by atoms with van der Waals surface area (Å²) in [4.78, 5) is 0. The third-order valence-electron chi connectivity index (χ3n) is 3.62. The summed E-state index contributed by atoms with van der Waals surface area (Å²) in [6.07, 6.45) is 11.3. The highest BCUT2D eigenvalue weighted by Gasteiger charge is 2.26. The van der Waals surface area contributed by atoms with Gasteiger partial charge in [0.15, 0.2) is 0 Å². The largest absolute Gasteiger partial charge is 0.0880 e. The minimum Gasteiger partial charge on any atom is -0.0880 e. The van der Waals surface area contributed by atoms with E-state index in [-0.39, 0.29) is 0 Å². The normalized spacial score (nSPS) is 25.4. The Morgan fingerprint density at radius 3 is 2.60 bits per heavy atom. The fourth-order valence-electron chi connectivity index (χ4n) is 2.56. The molecule has 1 aromatic rings. The highest BCUT2D eigenvalue weighted by atomic mass is 14.3. The van der Waals surface area contributed by atoms with Gasteiger partial charge in [-0.1, -0.05) is 49.4 Å². The number of rotatable bonds is 3. The Hall–Kier alpha value is -1.04. The molecule has 0 nitrogen and oxygen atoms in total. The molecule has 0 saturated heterocycles. The van der Waals surface area contributed by atoms with Crippen LogP contribution in [0.5, 0.6) is 0 Å². The lowest BCUT2D eigenvalue weighted by atomic mass is 9.73. The number of hydrogen-bond donors (Lipinski definition) is 0. The molecule has 0 amide bonds. The molecule has 0 spiro atoms. The molecule has 0 N–H and O–H groups in total. The van der Waals surface area contributed by atoms with Crippen LogP contribution < -0.4 is 0 Å². The van der Waals surface area contributed by atoms with E-state index in [1.807, 2.05) is 0 Å². The molecule has 1 aromatic carbocycles. The molecule has 1 aliphatic carbocycles. The molecular formula is C15H20. The van der Waals surface area contributed by atoms with Crippen molar-refractivity contribution in [2.45, 2.75) is 39.0 Å². The minimum absolute atomic E-state index is 0.444. The van der Waals surface area contributed by atoms with Crippen molar-refractivity contribution in [1.82, 2.24) is 0 Å². The molecule has 0 bridgehead atoms. The van der Waals surface area contributed by atoms with Crippen LogP contribution in [0.2, 0.25) is 0 Å².